The zero-order valence-electron chi connectivity index (χ0n) is 9.94. The molecular weight excluding hydrogens is 256 g/mol. The SMILES string of the molecule is CCC(CN)C(=O)Nc1cc(Cl)cc(C(=O)O)c1. The molecule has 1 amide bonds. The van der Waals surface area contributed by atoms with Crippen LogP contribution in [-0.2, 0) is 4.79 Å². The largest absolute Gasteiger partial charge is 0.478 e. The fourth-order valence-corrected chi connectivity index (χ4v) is 1.72. The third-order valence-electron chi connectivity index (χ3n) is 2.56. The zero-order valence-corrected chi connectivity index (χ0v) is 10.7. The number of anilines is 1. The van der Waals surface area contributed by atoms with Gasteiger partial charge in [-0.05, 0) is 24.6 Å². The first-order chi connectivity index (χ1) is 8.47. The Balaban J connectivity index is 2.90. The molecule has 0 saturated carbocycles. The minimum absolute atomic E-state index is 0.0265. The first-order valence-corrected chi connectivity index (χ1v) is 5.90. The van der Waals surface area contributed by atoms with Crippen molar-refractivity contribution in [1.82, 2.24) is 0 Å². The van der Waals surface area contributed by atoms with Gasteiger partial charge in [0, 0.05) is 17.3 Å². The van der Waals surface area contributed by atoms with Gasteiger partial charge in [0.1, 0.15) is 0 Å². The lowest BCUT2D eigenvalue weighted by Crippen LogP contribution is -2.28. The molecule has 0 heterocycles. The molecule has 5 nitrogen and oxygen atoms in total. The summed E-state index contributed by atoms with van der Waals surface area (Å²) >= 11 is 5.79. The maximum absolute atomic E-state index is 11.8. The Morgan fingerprint density at radius 3 is 2.61 bits per heavy atom. The predicted molar refractivity (Wildman–Crippen MR) is 69.9 cm³/mol. The summed E-state index contributed by atoms with van der Waals surface area (Å²) in [6, 6.07) is 4.17. The second-order valence-corrected chi connectivity index (χ2v) is 4.30. The van der Waals surface area contributed by atoms with Gasteiger partial charge in [-0.25, -0.2) is 4.79 Å². The van der Waals surface area contributed by atoms with Crippen molar-refractivity contribution in [2.75, 3.05) is 11.9 Å². The number of nitrogens with two attached hydrogens (primary N) is 1. The summed E-state index contributed by atoms with van der Waals surface area (Å²) < 4.78 is 0. The Kier molecular flexibility index (Phi) is 5.12. The van der Waals surface area contributed by atoms with Gasteiger partial charge in [-0.2, -0.15) is 0 Å². The van der Waals surface area contributed by atoms with E-state index >= 15 is 0 Å². The average molecular weight is 271 g/mol. The zero-order chi connectivity index (χ0) is 13.7. The van der Waals surface area contributed by atoms with Crippen molar-refractivity contribution in [3.05, 3.63) is 28.8 Å². The number of carbonyl (C=O) groups is 2. The molecule has 0 aromatic heterocycles. The highest BCUT2D eigenvalue weighted by Gasteiger charge is 2.15. The van der Waals surface area contributed by atoms with Crippen molar-refractivity contribution >= 4 is 29.2 Å². The van der Waals surface area contributed by atoms with Crippen LogP contribution in [0.5, 0.6) is 0 Å². The fourth-order valence-electron chi connectivity index (χ4n) is 1.49. The summed E-state index contributed by atoms with van der Waals surface area (Å²) in [5, 5.41) is 11.7. The smallest absolute Gasteiger partial charge is 0.335 e. The van der Waals surface area contributed by atoms with Crippen LogP contribution in [0.2, 0.25) is 5.02 Å². The van der Waals surface area contributed by atoms with Crippen molar-refractivity contribution in [1.29, 1.82) is 0 Å². The number of amides is 1. The van der Waals surface area contributed by atoms with Crippen LogP contribution in [-0.4, -0.2) is 23.5 Å². The molecule has 0 spiro atoms. The van der Waals surface area contributed by atoms with Gasteiger partial charge < -0.3 is 16.2 Å². The molecule has 1 aromatic rings. The Morgan fingerprint density at radius 2 is 2.11 bits per heavy atom. The molecule has 6 heteroatoms. The standard InChI is InChI=1S/C12H15ClN2O3/c1-2-7(6-14)11(16)15-10-4-8(12(17)18)3-9(13)5-10/h3-5,7H,2,6,14H2,1H3,(H,15,16)(H,17,18). The molecule has 0 aliphatic heterocycles. The number of nitrogens with one attached hydrogen (secondary N) is 1. The van der Waals surface area contributed by atoms with Crippen LogP contribution in [0.4, 0.5) is 5.69 Å². The Hall–Kier alpha value is -1.59. The maximum Gasteiger partial charge on any atom is 0.335 e. The Morgan fingerprint density at radius 1 is 1.44 bits per heavy atom. The van der Waals surface area contributed by atoms with Crippen LogP contribution in [0.3, 0.4) is 0 Å². The molecule has 0 aliphatic carbocycles. The van der Waals surface area contributed by atoms with Gasteiger partial charge in [-0.15, -0.1) is 0 Å². The normalized spacial score (nSPS) is 11.9. The second kappa shape index (κ2) is 6.37. The molecule has 0 radical (unpaired) electrons. The Labute approximate surface area is 110 Å². The number of carbonyl (C=O) groups excluding carboxylic acids is 1. The third-order valence-corrected chi connectivity index (χ3v) is 2.78. The summed E-state index contributed by atoms with van der Waals surface area (Å²) in [5.74, 6) is -1.63. The fraction of sp³-hybridized carbons (Fsp3) is 0.333. The highest BCUT2D eigenvalue weighted by atomic mass is 35.5. The molecule has 98 valence electrons. The van der Waals surface area contributed by atoms with Crippen molar-refractivity contribution in [3.63, 3.8) is 0 Å². The summed E-state index contributed by atoms with van der Waals surface area (Å²) in [7, 11) is 0. The molecule has 1 unspecified atom stereocenters. The van der Waals surface area contributed by atoms with Crippen LogP contribution < -0.4 is 11.1 Å². The molecule has 4 N–H and O–H groups in total. The molecule has 0 fully saturated rings. The van der Waals surface area contributed by atoms with Crippen LogP contribution in [0.25, 0.3) is 0 Å². The lowest BCUT2D eigenvalue weighted by Gasteiger charge is -2.13. The number of aromatic carboxylic acids is 1. The minimum atomic E-state index is -1.10. The first-order valence-electron chi connectivity index (χ1n) is 5.52. The van der Waals surface area contributed by atoms with Crippen molar-refractivity contribution in [3.8, 4) is 0 Å². The number of hydrogen-bond acceptors (Lipinski definition) is 3. The number of rotatable bonds is 5. The Bertz CT molecular complexity index is 459. The molecule has 0 bridgehead atoms. The van der Waals surface area contributed by atoms with Gasteiger partial charge in [0.2, 0.25) is 5.91 Å². The molecule has 1 atom stereocenters. The number of halogens is 1. The number of hydrogen-bond donors (Lipinski definition) is 3. The van der Waals surface area contributed by atoms with Gasteiger partial charge in [-0.3, -0.25) is 4.79 Å². The summed E-state index contributed by atoms with van der Waals surface area (Å²) in [6.07, 6.45) is 0.620. The second-order valence-electron chi connectivity index (χ2n) is 3.86. The van der Waals surface area contributed by atoms with Crippen LogP contribution in [0.15, 0.2) is 18.2 Å². The molecular formula is C12H15ClN2O3. The molecule has 18 heavy (non-hydrogen) atoms. The number of carboxylic acids is 1. The van der Waals surface area contributed by atoms with Crippen molar-refractivity contribution < 1.29 is 14.7 Å². The summed E-state index contributed by atoms with van der Waals surface area (Å²) in [4.78, 5) is 22.6. The van der Waals surface area contributed by atoms with E-state index in [4.69, 9.17) is 22.4 Å². The monoisotopic (exact) mass is 270 g/mol. The number of benzene rings is 1. The van der Waals surface area contributed by atoms with E-state index in [1.165, 1.54) is 18.2 Å². The van der Waals surface area contributed by atoms with E-state index in [1.807, 2.05) is 6.92 Å². The highest BCUT2D eigenvalue weighted by molar-refractivity contribution is 6.31. The first kappa shape index (κ1) is 14.5. The molecule has 1 rings (SSSR count). The topological polar surface area (TPSA) is 92.4 Å². The van der Waals surface area contributed by atoms with E-state index in [0.29, 0.717) is 12.1 Å². The van der Waals surface area contributed by atoms with E-state index in [2.05, 4.69) is 5.32 Å². The van der Waals surface area contributed by atoms with Gasteiger partial charge in [0.25, 0.3) is 0 Å². The van der Waals surface area contributed by atoms with E-state index < -0.39 is 5.97 Å². The van der Waals surface area contributed by atoms with Gasteiger partial charge in [-0.1, -0.05) is 18.5 Å². The predicted octanol–water partition coefficient (Wildman–Crippen LogP) is 1.96. The molecule has 0 aliphatic rings. The van der Waals surface area contributed by atoms with Gasteiger partial charge >= 0.3 is 5.97 Å². The quantitative estimate of drug-likeness (QED) is 0.762. The number of carboxylic acid groups (broad SMARTS) is 1. The van der Waals surface area contributed by atoms with Crippen molar-refractivity contribution in [2.45, 2.75) is 13.3 Å². The van der Waals surface area contributed by atoms with E-state index in [1.54, 1.807) is 0 Å². The van der Waals surface area contributed by atoms with Gasteiger partial charge in [0.05, 0.1) is 11.5 Å². The van der Waals surface area contributed by atoms with E-state index in [9.17, 15) is 9.59 Å². The van der Waals surface area contributed by atoms with Crippen molar-refractivity contribution in [2.24, 2.45) is 11.7 Å². The lowest BCUT2D eigenvalue weighted by molar-refractivity contribution is -0.119. The minimum Gasteiger partial charge on any atom is -0.478 e. The van der Waals surface area contributed by atoms with E-state index in [-0.39, 0.29) is 29.0 Å². The lowest BCUT2D eigenvalue weighted by atomic mass is 10.1. The third kappa shape index (κ3) is 3.72. The molecule has 0 saturated heterocycles. The maximum atomic E-state index is 11.8. The van der Waals surface area contributed by atoms with E-state index in [0.717, 1.165) is 0 Å². The summed E-state index contributed by atoms with van der Waals surface area (Å²) in [6.45, 7) is 2.10. The highest BCUT2D eigenvalue weighted by Crippen LogP contribution is 2.20. The van der Waals surface area contributed by atoms with Crippen LogP contribution in [0.1, 0.15) is 23.7 Å². The van der Waals surface area contributed by atoms with Gasteiger partial charge in [0.15, 0.2) is 0 Å². The van der Waals surface area contributed by atoms with Crippen LogP contribution in [0, 0.1) is 5.92 Å². The average Bonchev–Trinajstić information content (AvgIpc) is 2.29. The summed E-state index contributed by atoms with van der Waals surface area (Å²) in [5.41, 5.74) is 5.85. The molecule has 1 aromatic carbocycles. The van der Waals surface area contributed by atoms with Crippen LogP contribution >= 0.6 is 11.6 Å².